The zero-order valence-corrected chi connectivity index (χ0v) is 10.9. The summed E-state index contributed by atoms with van der Waals surface area (Å²) in [6, 6.07) is 5.09. The summed E-state index contributed by atoms with van der Waals surface area (Å²) in [5.41, 5.74) is -1.79. The molecule has 0 bridgehead atoms. The first-order valence-corrected chi connectivity index (χ1v) is 6.47. The fourth-order valence-corrected chi connectivity index (χ4v) is 2.51. The molecule has 21 heavy (non-hydrogen) atoms. The molecule has 0 fully saturated rings. The Kier molecular flexibility index (Phi) is 2.94. The molecule has 3 aromatic heterocycles. The van der Waals surface area contributed by atoms with Gasteiger partial charge in [0.05, 0.1) is 16.5 Å². The van der Waals surface area contributed by atoms with Crippen molar-refractivity contribution in [3.8, 4) is 10.6 Å². The van der Waals surface area contributed by atoms with Gasteiger partial charge in [-0.3, -0.25) is 0 Å². The predicted octanol–water partition coefficient (Wildman–Crippen LogP) is 1.84. The fraction of sp³-hybridized carbons (Fsp3) is 0.0833. The molecule has 108 valence electrons. The third kappa shape index (κ3) is 2.35. The highest BCUT2D eigenvalue weighted by Gasteiger charge is 2.35. The molecule has 0 unspecified atom stereocenters. The van der Waals surface area contributed by atoms with E-state index in [1.165, 1.54) is 11.3 Å². The molecule has 5 nitrogen and oxygen atoms in total. The lowest BCUT2D eigenvalue weighted by atomic mass is 10.2. The number of aromatic carboxylic acids is 1. The number of hydrogen-bond donors (Lipinski definition) is 0. The molecular formula is C12H5F3N3O2S-. The third-order valence-electron chi connectivity index (χ3n) is 2.70. The second kappa shape index (κ2) is 4.55. The summed E-state index contributed by atoms with van der Waals surface area (Å²) in [5.74, 6) is -1.66. The maximum atomic E-state index is 13.1. The van der Waals surface area contributed by atoms with Crippen LogP contribution < -0.4 is 5.11 Å². The van der Waals surface area contributed by atoms with Gasteiger partial charge in [-0.25, -0.2) is 9.50 Å². The highest BCUT2D eigenvalue weighted by atomic mass is 32.1. The van der Waals surface area contributed by atoms with Crippen molar-refractivity contribution in [3.05, 3.63) is 41.0 Å². The van der Waals surface area contributed by atoms with Crippen molar-refractivity contribution in [1.29, 1.82) is 0 Å². The second-order valence-corrected chi connectivity index (χ2v) is 5.04. The largest absolute Gasteiger partial charge is 0.543 e. The van der Waals surface area contributed by atoms with Gasteiger partial charge < -0.3 is 9.90 Å². The molecule has 0 N–H and O–H groups in total. The van der Waals surface area contributed by atoms with E-state index in [-0.39, 0.29) is 11.3 Å². The van der Waals surface area contributed by atoms with Crippen molar-refractivity contribution in [2.24, 2.45) is 0 Å². The summed E-state index contributed by atoms with van der Waals surface area (Å²) in [4.78, 5) is 15.3. The number of thiophene rings is 1. The number of carbonyl (C=O) groups excluding carboxylic acids is 1. The van der Waals surface area contributed by atoms with E-state index in [0.717, 1.165) is 12.1 Å². The Labute approximate surface area is 119 Å². The summed E-state index contributed by atoms with van der Waals surface area (Å²) in [6.45, 7) is 0. The summed E-state index contributed by atoms with van der Waals surface area (Å²) < 4.78 is 39.8. The minimum atomic E-state index is -4.69. The number of nitrogens with zero attached hydrogens (tertiary/aromatic N) is 3. The van der Waals surface area contributed by atoms with Gasteiger partial charge in [-0.05, 0) is 17.5 Å². The monoisotopic (exact) mass is 312 g/mol. The SMILES string of the molecule is O=C([O-])c1cc2nc(-c3cccs3)cc(C(F)(F)F)n2n1. The van der Waals surface area contributed by atoms with Crippen LogP contribution in [0.2, 0.25) is 0 Å². The van der Waals surface area contributed by atoms with Crippen LogP contribution in [0.15, 0.2) is 29.6 Å². The maximum Gasteiger partial charge on any atom is 0.433 e. The zero-order chi connectivity index (χ0) is 15.2. The number of alkyl halides is 3. The van der Waals surface area contributed by atoms with E-state index >= 15 is 0 Å². The number of fused-ring (bicyclic) bond motifs is 1. The first kappa shape index (κ1) is 13.6. The van der Waals surface area contributed by atoms with Crippen LogP contribution in [0.25, 0.3) is 16.2 Å². The van der Waals surface area contributed by atoms with Crippen LogP contribution in [-0.2, 0) is 6.18 Å². The van der Waals surface area contributed by atoms with E-state index in [2.05, 4.69) is 10.1 Å². The number of carbonyl (C=O) groups is 1. The molecule has 3 aromatic rings. The smallest absolute Gasteiger partial charge is 0.433 e. The Morgan fingerprint density at radius 2 is 2.10 bits per heavy atom. The highest BCUT2D eigenvalue weighted by Crippen LogP contribution is 2.33. The number of carboxylic acid groups (broad SMARTS) is 1. The van der Waals surface area contributed by atoms with E-state index in [1.54, 1.807) is 17.5 Å². The van der Waals surface area contributed by atoms with Crippen LogP contribution in [0.5, 0.6) is 0 Å². The second-order valence-electron chi connectivity index (χ2n) is 4.09. The molecular weight excluding hydrogens is 307 g/mol. The topological polar surface area (TPSA) is 70.3 Å². The van der Waals surface area contributed by atoms with E-state index < -0.39 is 23.5 Å². The Morgan fingerprint density at radius 1 is 1.33 bits per heavy atom. The minimum Gasteiger partial charge on any atom is -0.543 e. The van der Waals surface area contributed by atoms with Crippen molar-refractivity contribution in [1.82, 2.24) is 14.6 Å². The summed E-state index contributed by atoms with van der Waals surface area (Å²) >= 11 is 1.23. The third-order valence-corrected chi connectivity index (χ3v) is 3.59. The van der Waals surface area contributed by atoms with Crippen molar-refractivity contribution >= 4 is 23.0 Å². The molecule has 0 spiro atoms. The Balaban J connectivity index is 2.32. The van der Waals surface area contributed by atoms with E-state index in [4.69, 9.17) is 0 Å². The molecule has 9 heteroatoms. The van der Waals surface area contributed by atoms with Crippen LogP contribution in [0.3, 0.4) is 0 Å². The highest BCUT2D eigenvalue weighted by molar-refractivity contribution is 7.13. The number of carboxylic acids is 1. The molecule has 0 saturated carbocycles. The van der Waals surface area contributed by atoms with Gasteiger partial charge >= 0.3 is 6.18 Å². The lowest BCUT2D eigenvalue weighted by Crippen LogP contribution is -2.23. The number of aromatic nitrogens is 3. The summed E-state index contributed by atoms with van der Waals surface area (Å²) in [6.07, 6.45) is -4.69. The van der Waals surface area contributed by atoms with Crippen LogP contribution in [0.1, 0.15) is 16.2 Å². The summed E-state index contributed by atoms with van der Waals surface area (Å²) in [7, 11) is 0. The lowest BCUT2D eigenvalue weighted by molar-refractivity contribution is -0.255. The van der Waals surface area contributed by atoms with Gasteiger partial charge in [0.25, 0.3) is 0 Å². The predicted molar refractivity (Wildman–Crippen MR) is 65.6 cm³/mol. The van der Waals surface area contributed by atoms with Gasteiger partial charge in [0.2, 0.25) is 0 Å². The number of rotatable bonds is 2. The molecule has 0 atom stereocenters. The standard InChI is InChI=1S/C12H6F3N3O2S/c13-12(14,15)9-4-6(8-2-1-3-21-8)16-10-5-7(11(19)20)17-18(9)10/h1-5H,(H,19,20)/p-1. The Bertz CT molecular complexity index is 824. The van der Waals surface area contributed by atoms with Gasteiger partial charge in [0.1, 0.15) is 5.69 Å². The van der Waals surface area contributed by atoms with E-state index in [1.807, 2.05) is 0 Å². The molecule has 3 rings (SSSR count). The molecule has 0 aromatic carbocycles. The first-order chi connectivity index (χ1) is 9.86. The molecule has 0 aliphatic heterocycles. The van der Waals surface area contributed by atoms with E-state index in [9.17, 15) is 23.1 Å². The van der Waals surface area contributed by atoms with Crippen LogP contribution in [-0.4, -0.2) is 20.6 Å². The molecule has 0 aliphatic carbocycles. The Hall–Kier alpha value is -2.42. The normalized spacial score (nSPS) is 12.0. The zero-order valence-electron chi connectivity index (χ0n) is 10.1. The van der Waals surface area contributed by atoms with Gasteiger partial charge in [-0.1, -0.05) is 6.07 Å². The molecule has 0 saturated heterocycles. The lowest BCUT2D eigenvalue weighted by Gasteiger charge is -2.10. The molecule has 0 aliphatic rings. The molecule has 0 amide bonds. The van der Waals surface area contributed by atoms with Crippen molar-refractivity contribution in [3.63, 3.8) is 0 Å². The van der Waals surface area contributed by atoms with E-state index in [0.29, 0.717) is 9.39 Å². The van der Waals surface area contributed by atoms with Gasteiger partial charge in [0.15, 0.2) is 11.3 Å². The Morgan fingerprint density at radius 3 is 2.67 bits per heavy atom. The van der Waals surface area contributed by atoms with Gasteiger partial charge in [-0.15, -0.1) is 11.3 Å². The van der Waals surface area contributed by atoms with Crippen LogP contribution in [0, 0.1) is 0 Å². The number of halogens is 3. The summed E-state index contributed by atoms with van der Waals surface area (Å²) in [5, 5.41) is 15.8. The average Bonchev–Trinajstić information content (AvgIpc) is 3.05. The average molecular weight is 312 g/mol. The van der Waals surface area contributed by atoms with Gasteiger partial charge in [-0.2, -0.15) is 18.3 Å². The van der Waals surface area contributed by atoms with Crippen LogP contribution in [0.4, 0.5) is 13.2 Å². The van der Waals surface area contributed by atoms with Crippen LogP contribution >= 0.6 is 11.3 Å². The molecule has 0 radical (unpaired) electrons. The quantitative estimate of drug-likeness (QED) is 0.724. The van der Waals surface area contributed by atoms with Crippen molar-refractivity contribution in [2.75, 3.05) is 0 Å². The molecule has 3 heterocycles. The van der Waals surface area contributed by atoms with Gasteiger partial charge in [0, 0.05) is 6.07 Å². The fourth-order valence-electron chi connectivity index (χ4n) is 1.83. The number of hydrogen-bond acceptors (Lipinski definition) is 5. The minimum absolute atomic E-state index is 0.106. The maximum absolute atomic E-state index is 13.1. The van der Waals surface area contributed by atoms with Crippen molar-refractivity contribution in [2.45, 2.75) is 6.18 Å². The first-order valence-electron chi connectivity index (χ1n) is 5.59. The van der Waals surface area contributed by atoms with Crippen molar-refractivity contribution < 1.29 is 23.1 Å².